The average Bonchev–Trinajstić information content (AvgIpc) is 3.02. The van der Waals surface area contributed by atoms with E-state index in [1.807, 2.05) is 25.1 Å². The Hall–Kier alpha value is -1.07. The number of thiazole rings is 1. The van der Waals surface area contributed by atoms with E-state index >= 15 is 0 Å². The van der Waals surface area contributed by atoms with E-state index in [1.54, 1.807) is 6.07 Å². The highest BCUT2D eigenvalue weighted by atomic mass is 127. The van der Waals surface area contributed by atoms with Crippen molar-refractivity contribution in [3.63, 3.8) is 0 Å². The van der Waals surface area contributed by atoms with Crippen LogP contribution in [0.3, 0.4) is 0 Å². The maximum absolute atomic E-state index is 12.5. The fraction of sp³-hybridized carbons (Fsp3) is 0.375. The third-order valence-electron chi connectivity index (χ3n) is 3.13. The first-order valence-corrected chi connectivity index (χ1v) is 8.92. The molecule has 10 heteroatoms. The lowest BCUT2D eigenvalue weighted by Gasteiger charge is -2.10. The van der Waals surface area contributed by atoms with Gasteiger partial charge >= 0.3 is 6.18 Å². The summed E-state index contributed by atoms with van der Waals surface area (Å²) in [5, 5.41) is 8.30. The lowest BCUT2D eigenvalue weighted by Crippen LogP contribution is -2.38. The Morgan fingerprint density at radius 1 is 1.31 bits per heavy atom. The lowest BCUT2D eigenvalue weighted by molar-refractivity contribution is -0.140. The Bertz CT molecular complexity index is 722. The highest BCUT2D eigenvalue weighted by Crippen LogP contribution is 2.29. The molecule has 0 aliphatic carbocycles. The topological polar surface area (TPSA) is 49.3 Å². The van der Waals surface area contributed by atoms with Gasteiger partial charge in [0.15, 0.2) is 11.7 Å². The second-order valence-corrected chi connectivity index (χ2v) is 6.51. The highest BCUT2D eigenvalue weighted by molar-refractivity contribution is 14.0. The summed E-state index contributed by atoms with van der Waals surface area (Å²) in [6.45, 7) is 3.50. The van der Waals surface area contributed by atoms with E-state index in [0.717, 1.165) is 22.3 Å². The molecule has 0 saturated heterocycles. The average molecular weight is 519 g/mol. The third kappa shape index (κ3) is 7.67. The van der Waals surface area contributed by atoms with Crippen LogP contribution in [-0.4, -0.2) is 24.0 Å². The van der Waals surface area contributed by atoms with Gasteiger partial charge < -0.3 is 10.6 Å². The standard InChI is InChI=1S/C16H18ClF3N4S.HI/c1-2-21-15(23-9-11-4-3-5-12(17)8-11)22-7-6-14-24-13(10-25-14)16(18,19)20;/h3-5,8,10H,2,6-7,9H2,1H3,(H2,21,22,23);1H. The minimum absolute atomic E-state index is 0. The maximum Gasteiger partial charge on any atom is 0.434 e. The number of guanidine groups is 1. The molecule has 0 saturated carbocycles. The summed E-state index contributed by atoms with van der Waals surface area (Å²) in [5.74, 6) is 0.593. The molecule has 0 radical (unpaired) electrons. The second-order valence-electron chi connectivity index (χ2n) is 5.13. The largest absolute Gasteiger partial charge is 0.434 e. The SMILES string of the molecule is CCNC(=NCc1cccc(Cl)c1)NCCc1nc(C(F)(F)F)cs1.I. The van der Waals surface area contributed by atoms with Crippen LogP contribution in [0.4, 0.5) is 13.2 Å². The molecule has 1 aromatic carbocycles. The lowest BCUT2D eigenvalue weighted by atomic mass is 10.2. The molecule has 0 aliphatic heterocycles. The van der Waals surface area contributed by atoms with Gasteiger partial charge in [-0.25, -0.2) is 9.98 Å². The van der Waals surface area contributed by atoms with Crippen LogP contribution in [0.5, 0.6) is 0 Å². The molecule has 0 bridgehead atoms. The number of nitrogens with one attached hydrogen (secondary N) is 2. The Morgan fingerprint density at radius 2 is 2.08 bits per heavy atom. The van der Waals surface area contributed by atoms with Crippen LogP contribution in [-0.2, 0) is 19.1 Å². The molecule has 0 atom stereocenters. The molecule has 144 valence electrons. The van der Waals surface area contributed by atoms with E-state index in [-0.39, 0.29) is 24.0 Å². The zero-order valence-electron chi connectivity index (χ0n) is 13.9. The number of aromatic nitrogens is 1. The van der Waals surface area contributed by atoms with Gasteiger partial charge in [0.25, 0.3) is 0 Å². The van der Waals surface area contributed by atoms with E-state index in [9.17, 15) is 13.2 Å². The van der Waals surface area contributed by atoms with Crippen molar-refractivity contribution in [3.05, 3.63) is 50.9 Å². The van der Waals surface area contributed by atoms with Crippen LogP contribution < -0.4 is 10.6 Å². The summed E-state index contributed by atoms with van der Waals surface area (Å²) in [6, 6.07) is 7.41. The van der Waals surface area contributed by atoms with Crippen LogP contribution >= 0.6 is 46.9 Å². The molecule has 0 unspecified atom stereocenters. The predicted molar refractivity (Wildman–Crippen MR) is 111 cm³/mol. The van der Waals surface area contributed by atoms with Crippen LogP contribution in [0.25, 0.3) is 0 Å². The van der Waals surface area contributed by atoms with Crippen molar-refractivity contribution < 1.29 is 13.2 Å². The van der Waals surface area contributed by atoms with Crippen molar-refractivity contribution in [2.45, 2.75) is 26.1 Å². The Morgan fingerprint density at radius 3 is 2.69 bits per heavy atom. The number of aliphatic imine (C=N–C) groups is 1. The molecule has 2 N–H and O–H groups in total. The van der Waals surface area contributed by atoms with Crippen molar-refractivity contribution in [2.75, 3.05) is 13.1 Å². The molecule has 0 spiro atoms. The number of halogens is 5. The first kappa shape index (κ1) is 23.0. The van der Waals surface area contributed by atoms with Crippen molar-refractivity contribution in [2.24, 2.45) is 4.99 Å². The van der Waals surface area contributed by atoms with Crippen LogP contribution in [0.2, 0.25) is 5.02 Å². The summed E-state index contributed by atoms with van der Waals surface area (Å²) in [6.07, 6.45) is -4.00. The molecule has 1 aromatic heterocycles. The van der Waals surface area contributed by atoms with Gasteiger partial charge in [-0.3, -0.25) is 0 Å². The van der Waals surface area contributed by atoms with E-state index in [2.05, 4.69) is 20.6 Å². The number of alkyl halides is 3. The van der Waals surface area contributed by atoms with E-state index in [0.29, 0.717) is 42.0 Å². The molecule has 26 heavy (non-hydrogen) atoms. The monoisotopic (exact) mass is 518 g/mol. The maximum atomic E-state index is 12.5. The fourth-order valence-corrected chi connectivity index (χ4v) is 3.01. The Kier molecular flexibility index (Phi) is 9.66. The molecule has 2 rings (SSSR count). The molecule has 1 heterocycles. The van der Waals surface area contributed by atoms with Crippen molar-refractivity contribution in [1.29, 1.82) is 0 Å². The second kappa shape index (κ2) is 10.9. The molecule has 0 aliphatic rings. The number of nitrogens with zero attached hydrogens (tertiary/aromatic N) is 2. The smallest absolute Gasteiger partial charge is 0.357 e. The molecule has 4 nitrogen and oxygen atoms in total. The summed E-state index contributed by atoms with van der Waals surface area (Å²) in [4.78, 5) is 8.05. The zero-order chi connectivity index (χ0) is 18.3. The fourth-order valence-electron chi connectivity index (χ4n) is 1.99. The normalized spacial score (nSPS) is 11.8. The van der Waals surface area contributed by atoms with Crippen molar-refractivity contribution in [3.8, 4) is 0 Å². The number of hydrogen-bond acceptors (Lipinski definition) is 3. The zero-order valence-corrected chi connectivity index (χ0v) is 17.8. The van der Waals surface area contributed by atoms with Crippen molar-refractivity contribution in [1.82, 2.24) is 15.6 Å². The number of rotatable bonds is 6. The van der Waals surface area contributed by atoms with Gasteiger partial charge in [0.2, 0.25) is 0 Å². The highest BCUT2D eigenvalue weighted by Gasteiger charge is 2.33. The van der Waals surface area contributed by atoms with Gasteiger partial charge in [0, 0.05) is 29.9 Å². The molecular formula is C16H19ClF3IN4S. The van der Waals surface area contributed by atoms with Crippen LogP contribution in [0, 0.1) is 0 Å². The van der Waals surface area contributed by atoms with Crippen LogP contribution in [0.1, 0.15) is 23.2 Å². The van der Waals surface area contributed by atoms with Gasteiger partial charge in [-0.1, -0.05) is 23.7 Å². The third-order valence-corrected chi connectivity index (χ3v) is 4.27. The first-order valence-electron chi connectivity index (χ1n) is 7.66. The summed E-state index contributed by atoms with van der Waals surface area (Å²) in [5.41, 5.74) is 0.133. The predicted octanol–water partition coefficient (Wildman–Crippen LogP) is 4.73. The minimum Gasteiger partial charge on any atom is -0.357 e. The van der Waals surface area contributed by atoms with E-state index < -0.39 is 11.9 Å². The quantitative estimate of drug-likeness (QED) is 0.330. The molecule has 0 amide bonds. The molecular weight excluding hydrogens is 500 g/mol. The summed E-state index contributed by atoms with van der Waals surface area (Å²) < 4.78 is 37.6. The van der Waals surface area contributed by atoms with Crippen molar-refractivity contribution >= 4 is 52.9 Å². The first-order chi connectivity index (χ1) is 11.9. The minimum atomic E-state index is -4.39. The van der Waals surface area contributed by atoms with Gasteiger partial charge in [-0.15, -0.1) is 35.3 Å². The summed E-state index contributed by atoms with van der Waals surface area (Å²) >= 11 is 6.95. The molecule has 0 fully saturated rings. The summed E-state index contributed by atoms with van der Waals surface area (Å²) in [7, 11) is 0. The molecule has 2 aromatic rings. The number of hydrogen-bond donors (Lipinski definition) is 2. The van der Waals surface area contributed by atoms with Gasteiger partial charge in [0.05, 0.1) is 11.6 Å². The number of benzene rings is 1. The van der Waals surface area contributed by atoms with Gasteiger partial charge in [-0.2, -0.15) is 13.2 Å². The van der Waals surface area contributed by atoms with Gasteiger partial charge in [0.1, 0.15) is 0 Å². The van der Waals surface area contributed by atoms with Crippen LogP contribution in [0.15, 0.2) is 34.6 Å². The van der Waals surface area contributed by atoms with Gasteiger partial charge in [-0.05, 0) is 24.6 Å². The van der Waals surface area contributed by atoms with E-state index in [4.69, 9.17) is 11.6 Å². The Balaban J connectivity index is 0.00000338. The Labute approximate surface area is 176 Å². The van der Waals surface area contributed by atoms with E-state index in [1.165, 1.54) is 0 Å².